The van der Waals surface area contributed by atoms with Gasteiger partial charge in [0, 0.05) is 46.4 Å². The van der Waals surface area contributed by atoms with Gasteiger partial charge >= 0.3 is 18.2 Å². The number of amides is 10. The number of carboxylic acids is 1. The van der Waals surface area contributed by atoms with Gasteiger partial charge in [-0.05, 0) is 160 Å². The molecule has 34 nitrogen and oxygen atoms in total. The van der Waals surface area contributed by atoms with Gasteiger partial charge in [0.05, 0.1) is 36.4 Å². The Hall–Kier alpha value is -12.9. The summed E-state index contributed by atoms with van der Waals surface area (Å²) in [4.78, 5) is 181. The second-order valence-electron chi connectivity index (χ2n) is 36.6. The van der Waals surface area contributed by atoms with E-state index in [1.165, 1.54) is 47.1 Å². The fraction of sp³-hybridized carbons (Fsp3) is 0.473. The number of likely N-dealkylation sites (tertiary alicyclic amines) is 2. The van der Waals surface area contributed by atoms with Crippen LogP contribution in [-0.4, -0.2) is 219 Å². The molecule has 125 heavy (non-hydrogen) atoms. The molecule has 0 saturated carbocycles. The first-order chi connectivity index (χ1) is 58.9. The number of carbonyl (C=O) groups excluding carboxylic acids is 11. The minimum absolute atomic E-state index is 0.0715. The second-order valence-corrected chi connectivity index (χ2v) is 36.6. The van der Waals surface area contributed by atoms with Gasteiger partial charge in [-0.25, -0.2) is 24.8 Å². The van der Waals surface area contributed by atoms with Gasteiger partial charge in [-0.15, -0.1) is 10.2 Å². The van der Waals surface area contributed by atoms with Crippen LogP contribution in [0.4, 0.5) is 9.59 Å². The number of likely N-dealkylation sites (N-methyl/N-ethyl adjacent to an activating group) is 2. The Morgan fingerprint density at radius 1 is 0.528 bits per heavy atom. The lowest BCUT2D eigenvalue weighted by molar-refractivity contribution is -0.146. The van der Waals surface area contributed by atoms with Crippen molar-refractivity contribution in [1.29, 1.82) is 0 Å². The Morgan fingerprint density at radius 3 is 1.33 bits per heavy atom. The number of hydrogen-bond acceptors (Lipinski definition) is 21. The SMILES string of the molecule is C[C@@H](C(=O)N[C@H](C(=O)N1CC[C@@H]2[C@H]1C(=O)N[C@@H](Cc1ccc3ccccc3c1)C(=O)C[C@H](C(=O)O)Cc1ccc(cc1)OCc1cn(nn1)[C@@H]1CCN(C(=O)[C@@H](NC(=O)[C@H](C)N(C)C(=O)OC(C)(C)C)C(C)(C)C)[C@@H]1C(=O)N[C@@H](Cc1ccc3ccccc3c1)C(=O)N[C@H](C(=O)NN)Cc1ccc(cc1)OCc1cn2nn1)C(C)(C)C)N(C)C(=O)OC(C)(C)C. The monoisotopic (exact) mass is 1720 g/mol. The molecule has 10 amide bonds. The maximum Gasteiger partial charge on any atom is 0.410 e. The van der Waals surface area contributed by atoms with E-state index in [2.05, 4.69) is 52.6 Å². The number of hydrazine groups is 1. The molecule has 34 heteroatoms. The van der Waals surface area contributed by atoms with Crippen molar-refractivity contribution in [2.45, 2.75) is 233 Å². The van der Waals surface area contributed by atoms with E-state index in [0.717, 1.165) is 31.3 Å². The summed E-state index contributed by atoms with van der Waals surface area (Å²) in [6.07, 6.45) is 0.618. The average Bonchev–Trinajstić information content (AvgIpc) is 1.64. The Bertz CT molecular complexity index is 5300. The van der Waals surface area contributed by atoms with Gasteiger partial charge in [0.1, 0.15) is 95.6 Å². The summed E-state index contributed by atoms with van der Waals surface area (Å²) in [5.74, 6) is -2.74. The molecule has 12 atom stereocenters. The molecule has 0 aliphatic carbocycles. The molecule has 2 saturated heterocycles. The van der Waals surface area contributed by atoms with Crippen LogP contribution < -0.4 is 47.3 Å². The highest BCUT2D eigenvalue weighted by molar-refractivity contribution is 6.00. The number of rotatable bonds is 14. The van der Waals surface area contributed by atoms with Gasteiger partial charge in [0.25, 0.3) is 5.91 Å². The Labute approximate surface area is 726 Å². The minimum Gasteiger partial charge on any atom is -0.487 e. The van der Waals surface area contributed by atoms with Crippen molar-refractivity contribution in [3.05, 3.63) is 179 Å². The van der Waals surface area contributed by atoms with Crippen LogP contribution in [0.3, 0.4) is 0 Å². The largest absolute Gasteiger partial charge is 0.487 e. The summed E-state index contributed by atoms with van der Waals surface area (Å²) in [5, 5.41) is 46.8. The number of ketones is 1. The topological polar surface area (TPSA) is 435 Å². The van der Waals surface area contributed by atoms with E-state index in [4.69, 9.17) is 24.8 Å². The fourth-order valence-corrected chi connectivity index (χ4v) is 15.5. The molecule has 6 aliphatic rings. The molecule has 14 rings (SSSR count). The van der Waals surface area contributed by atoms with Crippen molar-refractivity contribution < 1.29 is 81.6 Å². The molecule has 8 aromatic rings. The second kappa shape index (κ2) is 38.9. The van der Waals surface area contributed by atoms with E-state index in [9.17, 15) is 33.9 Å². The molecule has 6 aliphatic heterocycles. The van der Waals surface area contributed by atoms with Crippen LogP contribution in [0, 0.1) is 16.7 Å². The van der Waals surface area contributed by atoms with Crippen LogP contribution in [0.1, 0.15) is 162 Å². The molecular formula is C91H115N17O17. The van der Waals surface area contributed by atoms with Crippen LogP contribution in [0.15, 0.2) is 146 Å². The van der Waals surface area contributed by atoms with E-state index < -0.39 is 172 Å². The quantitative estimate of drug-likeness (QED) is 0.0295. The number of nitrogens with zero attached hydrogens (tertiary/aromatic N) is 10. The van der Waals surface area contributed by atoms with E-state index >= 15 is 28.8 Å². The van der Waals surface area contributed by atoms with Crippen molar-refractivity contribution in [1.82, 2.24) is 81.6 Å². The zero-order valence-electron chi connectivity index (χ0n) is 73.6. The normalized spacial score (nSPS) is 20.6. The summed E-state index contributed by atoms with van der Waals surface area (Å²) in [6, 6.07) is 25.3. The average molecular weight is 1720 g/mol. The maximum absolute atomic E-state index is 15.9. The Kier molecular flexibility index (Phi) is 28.9. The van der Waals surface area contributed by atoms with Gasteiger partial charge in [-0.1, -0.05) is 161 Å². The lowest BCUT2D eigenvalue weighted by Crippen LogP contribution is -2.62. The van der Waals surface area contributed by atoms with Crippen molar-refractivity contribution in [3.63, 3.8) is 0 Å². The number of aromatic nitrogens is 6. The predicted octanol–water partition coefficient (Wildman–Crippen LogP) is 7.58. The van der Waals surface area contributed by atoms with E-state index in [1.807, 2.05) is 84.9 Å². The van der Waals surface area contributed by atoms with Crippen molar-refractivity contribution in [3.8, 4) is 11.5 Å². The van der Waals surface area contributed by atoms with Crippen molar-refractivity contribution >= 4 is 92.7 Å². The maximum atomic E-state index is 15.9. The molecule has 9 N–H and O–H groups in total. The lowest BCUT2D eigenvalue weighted by atomic mass is 9.85. The number of fused-ring (bicyclic) bond motifs is 2. The zero-order chi connectivity index (χ0) is 90.9. The minimum atomic E-state index is -1.47. The summed E-state index contributed by atoms with van der Waals surface area (Å²) in [5.41, 5.74) is 1.11. The third-order valence-electron chi connectivity index (χ3n) is 22.7. The van der Waals surface area contributed by atoms with E-state index in [1.54, 1.807) is 144 Å². The Balaban J connectivity index is 0.944. The number of benzene rings is 6. The lowest BCUT2D eigenvalue weighted by Gasteiger charge is -2.37. The van der Waals surface area contributed by atoms with E-state index in [-0.39, 0.29) is 76.2 Å². The van der Waals surface area contributed by atoms with Crippen LogP contribution in [0.5, 0.6) is 11.5 Å². The number of carbonyl (C=O) groups is 12. The first kappa shape index (κ1) is 92.8. The molecule has 2 fully saturated rings. The first-order valence-electron chi connectivity index (χ1n) is 41.9. The molecule has 6 aromatic carbocycles. The number of carboxylic acid groups (broad SMARTS) is 1. The number of hydrogen-bond donors (Lipinski definition) is 8. The van der Waals surface area contributed by atoms with Gasteiger partial charge < -0.3 is 60.4 Å². The summed E-state index contributed by atoms with van der Waals surface area (Å²) >= 11 is 0. The number of Topliss-reactive ketones (excluding diaryl/α,β-unsaturated/α-hetero) is 1. The molecule has 666 valence electrons. The van der Waals surface area contributed by atoms with Gasteiger partial charge in [-0.2, -0.15) is 0 Å². The smallest absolute Gasteiger partial charge is 0.410 e. The highest BCUT2D eigenvalue weighted by Gasteiger charge is 2.51. The van der Waals surface area contributed by atoms with Gasteiger partial charge in [-0.3, -0.25) is 63.2 Å². The number of ether oxygens (including phenoxy) is 4. The molecule has 2 aromatic heterocycles. The van der Waals surface area contributed by atoms with E-state index in [0.29, 0.717) is 33.8 Å². The highest BCUT2D eigenvalue weighted by Crippen LogP contribution is 2.36. The van der Waals surface area contributed by atoms with Crippen LogP contribution in [0.2, 0.25) is 0 Å². The van der Waals surface area contributed by atoms with Gasteiger partial charge in [0.15, 0.2) is 5.78 Å². The summed E-state index contributed by atoms with van der Waals surface area (Å²) < 4.78 is 26.5. The van der Waals surface area contributed by atoms with Crippen molar-refractivity contribution in [2.75, 3.05) is 27.2 Å². The van der Waals surface area contributed by atoms with Gasteiger partial charge in [0.2, 0.25) is 41.4 Å². The summed E-state index contributed by atoms with van der Waals surface area (Å²) in [6.45, 7) is 23.0. The highest BCUT2D eigenvalue weighted by atomic mass is 16.6. The van der Waals surface area contributed by atoms with Crippen LogP contribution in [-0.2, 0) is 96.3 Å². The fourth-order valence-electron chi connectivity index (χ4n) is 15.5. The standard InChI is InChI=1S/C91H115N17O17/c1-52(103(15)86(120)124-90(9,10)11)77(110)96-75(88(3,4)5)83(116)105-39-37-70-73(105)81(114)93-67(45-56-25-31-58-21-17-19-23-60(58)42-56)72(109)47-62(85(118)119)41-54-27-33-65(34-28-54)122-50-64-49-108(102-100-64)71-38-40-106(84(117)76(89(6,7)8)97-78(111)53(2)104(16)87(121)125-91(12,13)14)74(71)82(115)95-68(46-57-26-32-59-22-18-20-24-61(59)43-57)79(112)94-69(80(113)98-92)44-55-29-35-66(36-30-55)123-51-63-48-107(70)101-99-63/h17-36,42-43,48-49,52-53,62,67-71,73-76H,37-41,44-47,50-51,92H2,1-16H3,(H,93,114)(H,94,112)(H,95,115)(H,96,110)(H,97,111)(H,98,113)(H,118,119)/t52-,53-,62+,67-,68-,69-,70+,71+,73-,74-,75+,76+/m0/s1. The molecule has 0 unspecified atom stereocenters. The Morgan fingerprint density at radius 2 is 0.928 bits per heavy atom. The first-order valence-corrected chi connectivity index (χ1v) is 41.9. The third kappa shape index (κ3) is 23.5. The van der Waals surface area contributed by atoms with Crippen LogP contribution >= 0.6 is 0 Å². The predicted molar refractivity (Wildman–Crippen MR) is 461 cm³/mol. The number of nitrogens with one attached hydrogen (secondary N) is 6. The van der Waals surface area contributed by atoms with Crippen LogP contribution in [0.25, 0.3) is 21.5 Å². The number of aliphatic carboxylic acids is 1. The summed E-state index contributed by atoms with van der Waals surface area (Å²) in [7, 11) is 2.80. The molecule has 8 heterocycles. The molecule has 0 spiro atoms. The molecule has 0 radical (unpaired) electrons. The number of nitrogens with two attached hydrogens (primary N) is 1. The third-order valence-corrected chi connectivity index (χ3v) is 22.7. The zero-order valence-corrected chi connectivity index (χ0v) is 73.6. The molecule has 8 bridgehead atoms. The van der Waals surface area contributed by atoms with Crippen molar-refractivity contribution in [2.24, 2.45) is 22.6 Å². The molecular weight excluding hydrogens is 1600 g/mol.